The van der Waals surface area contributed by atoms with E-state index in [1.54, 1.807) is 0 Å². The van der Waals surface area contributed by atoms with Gasteiger partial charge < -0.3 is 15.3 Å². The molecule has 0 radical (unpaired) electrons. The first-order chi connectivity index (χ1) is 9.79. The van der Waals surface area contributed by atoms with Crippen molar-refractivity contribution in [2.45, 2.75) is 44.8 Å². The Bertz CT molecular complexity index is 361. The quantitative estimate of drug-likeness (QED) is 0.803. The van der Waals surface area contributed by atoms with Crippen LogP contribution in [-0.4, -0.2) is 42.3 Å². The lowest BCUT2D eigenvalue weighted by Gasteiger charge is -2.31. The first kappa shape index (κ1) is 15.5. The summed E-state index contributed by atoms with van der Waals surface area (Å²) < 4.78 is 0. The van der Waals surface area contributed by atoms with Gasteiger partial charge in [0.15, 0.2) is 0 Å². The average Bonchev–Trinajstić information content (AvgIpc) is 2.50. The van der Waals surface area contributed by atoms with E-state index in [-0.39, 0.29) is 6.10 Å². The van der Waals surface area contributed by atoms with E-state index in [1.807, 2.05) is 0 Å². The largest absolute Gasteiger partial charge is 0.393 e. The summed E-state index contributed by atoms with van der Waals surface area (Å²) in [5.41, 5.74) is 1.39. The van der Waals surface area contributed by atoms with Gasteiger partial charge in [-0.2, -0.15) is 0 Å². The standard InChI is InChI=1S/C17H28N2O/c1-2-11-18-17(15-6-4-3-5-7-15)10-14-19-12-8-16(20)9-13-19/h3-7,16-18,20H,2,8-14H2,1H3. The molecule has 0 spiro atoms. The molecular weight excluding hydrogens is 248 g/mol. The molecule has 1 heterocycles. The van der Waals surface area contributed by atoms with Crippen LogP contribution >= 0.6 is 0 Å². The van der Waals surface area contributed by atoms with Gasteiger partial charge in [0, 0.05) is 19.1 Å². The lowest BCUT2D eigenvalue weighted by Crippen LogP contribution is -2.37. The van der Waals surface area contributed by atoms with Crippen molar-refractivity contribution >= 4 is 0 Å². The van der Waals surface area contributed by atoms with Crippen LogP contribution in [0.2, 0.25) is 0 Å². The van der Waals surface area contributed by atoms with Crippen LogP contribution in [0.3, 0.4) is 0 Å². The fraction of sp³-hybridized carbons (Fsp3) is 0.647. The Hall–Kier alpha value is -0.900. The summed E-state index contributed by atoms with van der Waals surface area (Å²) in [6, 6.07) is 11.2. The van der Waals surface area contributed by atoms with E-state index >= 15 is 0 Å². The van der Waals surface area contributed by atoms with Gasteiger partial charge >= 0.3 is 0 Å². The molecule has 2 N–H and O–H groups in total. The van der Waals surface area contributed by atoms with Gasteiger partial charge in [-0.05, 0) is 44.3 Å². The van der Waals surface area contributed by atoms with E-state index in [4.69, 9.17) is 0 Å². The molecule has 1 saturated heterocycles. The molecule has 0 bridgehead atoms. The zero-order valence-corrected chi connectivity index (χ0v) is 12.6. The van der Waals surface area contributed by atoms with Crippen molar-refractivity contribution in [1.82, 2.24) is 10.2 Å². The van der Waals surface area contributed by atoms with Crippen LogP contribution in [0.5, 0.6) is 0 Å². The Morgan fingerprint density at radius 2 is 1.95 bits per heavy atom. The van der Waals surface area contributed by atoms with Gasteiger partial charge in [-0.3, -0.25) is 0 Å². The van der Waals surface area contributed by atoms with Gasteiger partial charge in [0.2, 0.25) is 0 Å². The van der Waals surface area contributed by atoms with E-state index in [2.05, 4.69) is 47.5 Å². The number of piperidine rings is 1. The van der Waals surface area contributed by atoms with Crippen LogP contribution in [0.1, 0.15) is 44.2 Å². The monoisotopic (exact) mass is 276 g/mol. The average molecular weight is 276 g/mol. The zero-order valence-electron chi connectivity index (χ0n) is 12.6. The number of nitrogens with one attached hydrogen (secondary N) is 1. The maximum atomic E-state index is 9.56. The molecule has 2 rings (SSSR count). The van der Waals surface area contributed by atoms with Crippen LogP contribution in [0.4, 0.5) is 0 Å². The van der Waals surface area contributed by atoms with Crippen LogP contribution < -0.4 is 5.32 Å². The Morgan fingerprint density at radius 3 is 2.60 bits per heavy atom. The van der Waals surface area contributed by atoms with Crippen LogP contribution in [-0.2, 0) is 0 Å². The molecule has 3 nitrogen and oxygen atoms in total. The normalized spacial score (nSPS) is 19.1. The highest BCUT2D eigenvalue weighted by Gasteiger charge is 2.18. The fourth-order valence-corrected chi connectivity index (χ4v) is 2.85. The Kier molecular flexibility index (Phi) is 6.51. The minimum absolute atomic E-state index is 0.0746. The van der Waals surface area contributed by atoms with Crippen molar-refractivity contribution in [3.63, 3.8) is 0 Å². The number of aliphatic hydroxyl groups is 1. The number of hydrogen-bond donors (Lipinski definition) is 2. The van der Waals surface area contributed by atoms with E-state index in [9.17, 15) is 5.11 Å². The molecule has 112 valence electrons. The number of aliphatic hydroxyl groups excluding tert-OH is 1. The third-order valence-corrected chi connectivity index (χ3v) is 4.13. The number of rotatable bonds is 7. The summed E-state index contributed by atoms with van der Waals surface area (Å²) >= 11 is 0. The van der Waals surface area contributed by atoms with Gasteiger partial charge in [0.25, 0.3) is 0 Å². The Balaban J connectivity index is 1.84. The third kappa shape index (κ3) is 4.89. The van der Waals surface area contributed by atoms with Crippen molar-refractivity contribution < 1.29 is 5.11 Å². The summed E-state index contributed by atoms with van der Waals surface area (Å²) in [4.78, 5) is 2.48. The molecule has 1 fully saturated rings. The maximum absolute atomic E-state index is 9.56. The van der Waals surface area contributed by atoms with Crippen LogP contribution in [0.15, 0.2) is 30.3 Å². The SMILES string of the molecule is CCCNC(CCN1CCC(O)CC1)c1ccccc1. The molecule has 1 atom stereocenters. The van der Waals surface area contributed by atoms with E-state index < -0.39 is 0 Å². The highest BCUT2D eigenvalue weighted by atomic mass is 16.3. The van der Waals surface area contributed by atoms with Crippen LogP contribution in [0.25, 0.3) is 0 Å². The first-order valence-corrected chi connectivity index (χ1v) is 7.98. The lowest BCUT2D eigenvalue weighted by molar-refractivity contribution is 0.0806. The zero-order chi connectivity index (χ0) is 14.2. The molecule has 0 saturated carbocycles. The number of likely N-dealkylation sites (tertiary alicyclic amines) is 1. The van der Waals surface area contributed by atoms with E-state index in [0.717, 1.165) is 45.4 Å². The second kappa shape index (κ2) is 8.40. The van der Waals surface area contributed by atoms with Crippen molar-refractivity contribution in [3.05, 3.63) is 35.9 Å². The summed E-state index contributed by atoms with van der Waals surface area (Å²) in [6.45, 7) is 6.47. The molecule has 0 aliphatic carbocycles. The summed E-state index contributed by atoms with van der Waals surface area (Å²) in [7, 11) is 0. The van der Waals surface area contributed by atoms with E-state index in [0.29, 0.717) is 6.04 Å². The minimum atomic E-state index is -0.0746. The molecule has 1 aliphatic heterocycles. The second-order valence-corrected chi connectivity index (χ2v) is 5.78. The van der Waals surface area contributed by atoms with Gasteiger partial charge in [0.05, 0.1) is 6.10 Å². The Labute approximate surface area is 123 Å². The Morgan fingerprint density at radius 1 is 1.25 bits per heavy atom. The highest BCUT2D eigenvalue weighted by Crippen LogP contribution is 2.18. The topological polar surface area (TPSA) is 35.5 Å². The minimum Gasteiger partial charge on any atom is -0.393 e. The molecule has 20 heavy (non-hydrogen) atoms. The molecule has 1 aromatic rings. The van der Waals surface area contributed by atoms with Crippen molar-refractivity contribution in [3.8, 4) is 0 Å². The number of nitrogens with zero attached hydrogens (tertiary/aromatic N) is 1. The summed E-state index contributed by atoms with van der Waals surface area (Å²) in [5, 5.41) is 13.2. The van der Waals surface area contributed by atoms with Crippen molar-refractivity contribution in [2.24, 2.45) is 0 Å². The smallest absolute Gasteiger partial charge is 0.0564 e. The fourth-order valence-electron chi connectivity index (χ4n) is 2.85. The van der Waals surface area contributed by atoms with Crippen molar-refractivity contribution in [2.75, 3.05) is 26.2 Å². The number of hydrogen-bond acceptors (Lipinski definition) is 3. The van der Waals surface area contributed by atoms with E-state index in [1.165, 1.54) is 12.0 Å². The molecule has 3 heteroatoms. The molecule has 0 aromatic heterocycles. The summed E-state index contributed by atoms with van der Waals surface area (Å²) in [6.07, 6.45) is 4.09. The predicted molar refractivity (Wildman–Crippen MR) is 83.8 cm³/mol. The van der Waals surface area contributed by atoms with Gasteiger partial charge in [0.1, 0.15) is 0 Å². The molecule has 1 aliphatic rings. The molecule has 0 amide bonds. The maximum Gasteiger partial charge on any atom is 0.0564 e. The number of benzene rings is 1. The predicted octanol–water partition coefficient (Wildman–Crippen LogP) is 2.57. The van der Waals surface area contributed by atoms with Crippen LogP contribution in [0, 0.1) is 0 Å². The molecule has 1 unspecified atom stereocenters. The first-order valence-electron chi connectivity index (χ1n) is 7.98. The van der Waals surface area contributed by atoms with Gasteiger partial charge in [-0.15, -0.1) is 0 Å². The highest BCUT2D eigenvalue weighted by molar-refractivity contribution is 5.18. The molecule has 1 aromatic carbocycles. The third-order valence-electron chi connectivity index (χ3n) is 4.13. The van der Waals surface area contributed by atoms with Crippen molar-refractivity contribution in [1.29, 1.82) is 0 Å². The van der Waals surface area contributed by atoms with Gasteiger partial charge in [-0.1, -0.05) is 37.3 Å². The second-order valence-electron chi connectivity index (χ2n) is 5.78. The lowest BCUT2D eigenvalue weighted by atomic mass is 10.0. The summed E-state index contributed by atoms with van der Waals surface area (Å²) in [5.74, 6) is 0. The van der Waals surface area contributed by atoms with Gasteiger partial charge in [-0.25, -0.2) is 0 Å². The molecular formula is C17H28N2O.